The maximum absolute atomic E-state index is 9.10. The van der Waals surface area contributed by atoms with Crippen LogP contribution in [0.25, 0.3) is 0 Å². The molecule has 0 radical (unpaired) electrons. The Bertz CT molecular complexity index is 641. The third kappa shape index (κ3) is 3.70. The monoisotopic (exact) mass is 333 g/mol. The van der Waals surface area contributed by atoms with E-state index in [-0.39, 0.29) is 13.2 Å². The van der Waals surface area contributed by atoms with Gasteiger partial charge in [-0.15, -0.1) is 6.42 Å². The average molecular weight is 334 g/mol. The summed E-state index contributed by atoms with van der Waals surface area (Å²) >= 11 is 3.29. The number of hydrogen-bond donors (Lipinski definition) is 2. The summed E-state index contributed by atoms with van der Waals surface area (Å²) in [4.78, 5) is 8.35. The van der Waals surface area contributed by atoms with E-state index in [4.69, 9.17) is 16.3 Å². The normalized spacial score (nSPS) is 9.85. The number of nitrogens with one attached hydrogen (secondary N) is 1. The minimum Gasteiger partial charge on any atom is -0.464 e. The summed E-state index contributed by atoms with van der Waals surface area (Å²) in [6, 6.07) is 7.33. The molecule has 0 spiro atoms. The second-order valence-corrected chi connectivity index (χ2v) is 4.68. The Morgan fingerprint density at radius 1 is 1.45 bits per heavy atom. The number of nitrogens with zero attached hydrogens (tertiary/aromatic N) is 2. The molecule has 2 N–H and O–H groups in total. The first-order chi connectivity index (χ1) is 9.72. The lowest BCUT2D eigenvalue weighted by atomic mass is 10.2. The van der Waals surface area contributed by atoms with E-state index in [9.17, 15) is 0 Å². The number of aliphatic hydroxyl groups is 1. The molecular weight excluding hydrogens is 322 g/mol. The lowest BCUT2D eigenvalue weighted by Crippen LogP contribution is -2.02. The summed E-state index contributed by atoms with van der Waals surface area (Å²) in [5.74, 6) is 3.13. The molecule has 6 heteroatoms. The molecule has 0 saturated carbocycles. The van der Waals surface area contributed by atoms with Gasteiger partial charge in [-0.2, -0.15) is 4.98 Å². The highest BCUT2D eigenvalue weighted by atomic mass is 79.9. The fraction of sp³-hybridized carbons (Fsp3) is 0.143. The standard InChI is InChI=1S/C14H12BrN3O2/c1-2-6-20-13-12(15)8-16-14(18-13)17-11-5-3-4-10(7-11)9-19/h1,3-5,7-8,19H,6,9H2,(H,16,17,18). The molecule has 5 nitrogen and oxygen atoms in total. The van der Waals surface area contributed by atoms with Crippen LogP contribution in [0.2, 0.25) is 0 Å². The van der Waals surface area contributed by atoms with Crippen molar-refractivity contribution < 1.29 is 9.84 Å². The molecule has 0 aliphatic carbocycles. The van der Waals surface area contributed by atoms with Crippen molar-refractivity contribution in [3.8, 4) is 18.2 Å². The van der Waals surface area contributed by atoms with Gasteiger partial charge in [-0.05, 0) is 33.6 Å². The highest BCUT2D eigenvalue weighted by Crippen LogP contribution is 2.24. The number of rotatable bonds is 5. The molecule has 0 bridgehead atoms. The molecule has 0 saturated heterocycles. The van der Waals surface area contributed by atoms with Crippen LogP contribution in [0.5, 0.6) is 5.88 Å². The van der Waals surface area contributed by atoms with Crippen LogP contribution in [0, 0.1) is 12.3 Å². The molecule has 1 aromatic heterocycles. The van der Waals surface area contributed by atoms with Gasteiger partial charge in [0.15, 0.2) is 6.61 Å². The largest absolute Gasteiger partial charge is 0.464 e. The van der Waals surface area contributed by atoms with E-state index in [1.807, 2.05) is 24.3 Å². The first-order valence-electron chi connectivity index (χ1n) is 5.78. The van der Waals surface area contributed by atoms with E-state index in [1.165, 1.54) is 0 Å². The number of halogens is 1. The zero-order valence-corrected chi connectivity index (χ0v) is 12.1. The molecule has 20 heavy (non-hydrogen) atoms. The van der Waals surface area contributed by atoms with Crippen molar-refractivity contribution in [3.05, 3.63) is 40.5 Å². The summed E-state index contributed by atoms with van der Waals surface area (Å²) in [5, 5.41) is 12.1. The highest BCUT2D eigenvalue weighted by molar-refractivity contribution is 9.10. The van der Waals surface area contributed by atoms with Gasteiger partial charge in [-0.25, -0.2) is 4.98 Å². The van der Waals surface area contributed by atoms with Crippen molar-refractivity contribution >= 4 is 27.6 Å². The van der Waals surface area contributed by atoms with Crippen LogP contribution in [0.4, 0.5) is 11.6 Å². The van der Waals surface area contributed by atoms with Crippen LogP contribution in [-0.4, -0.2) is 21.7 Å². The number of anilines is 2. The molecular formula is C14H12BrN3O2. The van der Waals surface area contributed by atoms with Crippen LogP contribution in [0.15, 0.2) is 34.9 Å². The topological polar surface area (TPSA) is 67.3 Å². The van der Waals surface area contributed by atoms with Crippen molar-refractivity contribution in [2.24, 2.45) is 0 Å². The Morgan fingerprint density at radius 2 is 2.30 bits per heavy atom. The first kappa shape index (κ1) is 14.3. The van der Waals surface area contributed by atoms with Gasteiger partial charge in [-0.3, -0.25) is 0 Å². The van der Waals surface area contributed by atoms with Gasteiger partial charge in [0.2, 0.25) is 11.8 Å². The number of aromatic nitrogens is 2. The number of benzene rings is 1. The lowest BCUT2D eigenvalue weighted by molar-refractivity contribution is 0.282. The molecule has 0 fully saturated rings. The SMILES string of the molecule is C#CCOc1nc(Nc2cccc(CO)c2)ncc1Br. The van der Waals surface area contributed by atoms with Gasteiger partial charge in [-0.1, -0.05) is 18.1 Å². The fourth-order valence-corrected chi connectivity index (χ4v) is 1.80. The zero-order chi connectivity index (χ0) is 14.4. The second-order valence-electron chi connectivity index (χ2n) is 3.82. The van der Waals surface area contributed by atoms with Crippen molar-refractivity contribution in [1.82, 2.24) is 9.97 Å². The molecule has 2 rings (SSSR count). The number of terminal acetylenes is 1. The Kier molecular flexibility index (Phi) is 4.93. The van der Waals surface area contributed by atoms with Crippen molar-refractivity contribution in [2.45, 2.75) is 6.61 Å². The van der Waals surface area contributed by atoms with E-state index in [0.29, 0.717) is 16.3 Å². The van der Waals surface area contributed by atoms with E-state index >= 15 is 0 Å². The van der Waals surface area contributed by atoms with Crippen LogP contribution >= 0.6 is 15.9 Å². The Labute approximate surface area is 125 Å². The van der Waals surface area contributed by atoms with Gasteiger partial charge in [0, 0.05) is 5.69 Å². The summed E-state index contributed by atoms with van der Waals surface area (Å²) in [6.45, 7) is 0.113. The lowest BCUT2D eigenvalue weighted by Gasteiger charge is -2.08. The minimum absolute atomic E-state index is 0.0206. The van der Waals surface area contributed by atoms with Crippen LogP contribution in [0.3, 0.4) is 0 Å². The number of hydrogen-bond acceptors (Lipinski definition) is 5. The second kappa shape index (κ2) is 6.89. The van der Waals surface area contributed by atoms with Crippen molar-refractivity contribution in [1.29, 1.82) is 0 Å². The quantitative estimate of drug-likeness (QED) is 0.823. The predicted octanol–water partition coefficient (Wildman–Crippen LogP) is 2.49. The Hall–Kier alpha value is -2.10. The third-order valence-corrected chi connectivity index (χ3v) is 2.91. The summed E-state index contributed by atoms with van der Waals surface area (Å²) in [6.07, 6.45) is 6.73. The summed E-state index contributed by atoms with van der Waals surface area (Å²) in [7, 11) is 0. The van der Waals surface area contributed by atoms with E-state index in [1.54, 1.807) is 6.20 Å². The first-order valence-corrected chi connectivity index (χ1v) is 6.58. The smallest absolute Gasteiger partial charge is 0.233 e. The molecule has 1 heterocycles. The van der Waals surface area contributed by atoms with Crippen LogP contribution in [-0.2, 0) is 6.61 Å². The third-order valence-electron chi connectivity index (χ3n) is 2.37. The molecule has 1 aromatic carbocycles. The van der Waals surface area contributed by atoms with E-state index < -0.39 is 0 Å². The van der Waals surface area contributed by atoms with Crippen LogP contribution in [0.1, 0.15) is 5.56 Å². The number of ether oxygens (including phenoxy) is 1. The molecule has 102 valence electrons. The minimum atomic E-state index is -0.0206. The summed E-state index contributed by atoms with van der Waals surface area (Å²) in [5.41, 5.74) is 1.58. The van der Waals surface area contributed by atoms with Gasteiger partial charge in [0.05, 0.1) is 17.3 Å². The average Bonchev–Trinajstić information content (AvgIpc) is 2.48. The predicted molar refractivity (Wildman–Crippen MR) is 79.7 cm³/mol. The van der Waals surface area contributed by atoms with Gasteiger partial charge >= 0.3 is 0 Å². The molecule has 2 aromatic rings. The maximum atomic E-state index is 9.10. The summed E-state index contributed by atoms with van der Waals surface area (Å²) < 4.78 is 5.92. The van der Waals surface area contributed by atoms with Crippen LogP contribution < -0.4 is 10.1 Å². The number of aliphatic hydroxyl groups excluding tert-OH is 1. The molecule has 0 aliphatic rings. The van der Waals surface area contributed by atoms with E-state index in [2.05, 4.69) is 37.1 Å². The molecule has 0 atom stereocenters. The van der Waals surface area contributed by atoms with Crippen molar-refractivity contribution in [2.75, 3.05) is 11.9 Å². The fourth-order valence-electron chi connectivity index (χ4n) is 1.50. The maximum Gasteiger partial charge on any atom is 0.233 e. The molecule has 0 aliphatic heterocycles. The zero-order valence-electron chi connectivity index (χ0n) is 10.5. The van der Waals surface area contributed by atoms with Gasteiger partial charge in [0.25, 0.3) is 0 Å². The highest BCUT2D eigenvalue weighted by Gasteiger charge is 2.06. The van der Waals surface area contributed by atoms with Gasteiger partial charge in [0.1, 0.15) is 0 Å². The Balaban J connectivity index is 2.18. The molecule has 0 amide bonds. The Morgan fingerprint density at radius 3 is 3.05 bits per heavy atom. The van der Waals surface area contributed by atoms with E-state index in [0.717, 1.165) is 11.3 Å². The van der Waals surface area contributed by atoms with Gasteiger partial charge < -0.3 is 15.2 Å². The van der Waals surface area contributed by atoms with Crippen molar-refractivity contribution in [3.63, 3.8) is 0 Å². The molecule has 0 unspecified atom stereocenters.